The first kappa shape index (κ1) is 22.1. The zero-order valence-corrected chi connectivity index (χ0v) is 18.4. The van der Waals surface area contributed by atoms with E-state index >= 15 is 0 Å². The number of hydrogen-bond acceptors (Lipinski definition) is 4. The van der Waals surface area contributed by atoms with Gasteiger partial charge in [0.25, 0.3) is 5.91 Å². The predicted molar refractivity (Wildman–Crippen MR) is 114 cm³/mol. The number of carbonyl (C=O) groups excluding carboxylic acids is 3. The number of amides is 3. The number of piperidine rings is 1. The summed E-state index contributed by atoms with van der Waals surface area (Å²) in [5, 5.41) is 3.08. The maximum atomic E-state index is 12.6. The Kier molecular flexibility index (Phi) is 7.00. The molecule has 2 fully saturated rings. The van der Waals surface area contributed by atoms with Crippen LogP contribution in [0, 0.1) is 19.8 Å². The fourth-order valence-corrected chi connectivity index (χ4v) is 4.04. The van der Waals surface area contributed by atoms with Gasteiger partial charge in [0.2, 0.25) is 11.8 Å². The monoisotopic (exact) mass is 415 g/mol. The van der Waals surface area contributed by atoms with Gasteiger partial charge in [0.1, 0.15) is 5.75 Å². The molecule has 7 nitrogen and oxygen atoms in total. The lowest BCUT2D eigenvalue weighted by Gasteiger charge is -2.32. The maximum Gasteiger partial charge on any atom is 0.260 e. The lowest BCUT2D eigenvalue weighted by Crippen LogP contribution is -2.49. The molecule has 3 rings (SSSR count). The van der Waals surface area contributed by atoms with E-state index in [9.17, 15) is 14.4 Å². The Balaban J connectivity index is 1.41. The fourth-order valence-electron chi connectivity index (χ4n) is 4.04. The first-order valence-corrected chi connectivity index (χ1v) is 10.8. The SMILES string of the molecule is Cc1ccc(OCC(=O)N2CCC(NC(=O)C3CC(=O)N(C(C)C)C3)CC2)cc1C. The average molecular weight is 416 g/mol. The first-order chi connectivity index (χ1) is 14.2. The van der Waals surface area contributed by atoms with Crippen LogP contribution in [0.1, 0.15) is 44.2 Å². The lowest BCUT2D eigenvalue weighted by molar-refractivity contribution is -0.134. The van der Waals surface area contributed by atoms with Crippen molar-refractivity contribution in [2.24, 2.45) is 5.92 Å². The third-order valence-electron chi connectivity index (χ3n) is 6.19. The highest BCUT2D eigenvalue weighted by molar-refractivity contribution is 5.89. The van der Waals surface area contributed by atoms with Gasteiger partial charge >= 0.3 is 0 Å². The first-order valence-electron chi connectivity index (χ1n) is 10.8. The van der Waals surface area contributed by atoms with Gasteiger partial charge in [-0.05, 0) is 63.8 Å². The number of likely N-dealkylation sites (tertiary alicyclic amines) is 2. The second-order valence-electron chi connectivity index (χ2n) is 8.74. The van der Waals surface area contributed by atoms with Crippen LogP contribution in [0.25, 0.3) is 0 Å². The van der Waals surface area contributed by atoms with Crippen molar-refractivity contribution in [3.05, 3.63) is 29.3 Å². The standard InChI is InChI=1S/C23H33N3O4/c1-15(2)26-13-18(12-21(26)27)23(29)24-19-7-9-25(10-8-19)22(28)14-30-20-6-5-16(3)17(4)11-20/h5-6,11,15,18-19H,7-10,12-14H2,1-4H3,(H,24,29). The largest absolute Gasteiger partial charge is 0.484 e. The number of rotatable bonds is 6. The van der Waals surface area contributed by atoms with Crippen LogP contribution in [0.3, 0.4) is 0 Å². The van der Waals surface area contributed by atoms with Crippen LogP contribution in [0.5, 0.6) is 5.75 Å². The summed E-state index contributed by atoms with van der Waals surface area (Å²) >= 11 is 0. The smallest absolute Gasteiger partial charge is 0.260 e. The Bertz CT molecular complexity index is 800. The summed E-state index contributed by atoms with van der Waals surface area (Å²) < 4.78 is 5.66. The molecule has 2 saturated heterocycles. The van der Waals surface area contributed by atoms with E-state index in [1.165, 1.54) is 5.56 Å². The Hall–Kier alpha value is -2.57. The van der Waals surface area contributed by atoms with E-state index in [-0.39, 0.29) is 48.8 Å². The highest BCUT2D eigenvalue weighted by Gasteiger charge is 2.36. The molecule has 0 spiro atoms. The molecule has 1 N–H and O–H groups in total. The second kappa shape index (κ2) is 9.49. The van der Waals surface area contributed by atoms with Crippen LogP contribution in [0.15, 0.2) is 18.2 Å². The molecule has 1 aromatic carbocycles. The normalized spacial score (nSPS) is 20.0. The highest BCUT2D eigenvalue weighted by atomic mass is 16.5. The third-order valence-corrected chi connectivity index (χ3v) is 6.19. The van der Waals surface area contributed by atoms with Crippen LogP contribution in [0.2, 0.25) is 0 Å². The average Bonchev–Trinajstić information content (AvgIpc) is 3.11. The van der Waals surface area contributed by atoms with Gasteiger partial charge in [0.05, 0.1) is 5.92 Å². The number of carbonyl (C=O) groups is 3. The zero-order chi connectivity index (χ0) is 21.8. The lowest BCUT2D eigenvalue weighted by atomic mass is 10.0. The molecule has 1 aromatic rings. The van der Waals surface area contributed by atoms with Gasteiger partial charge in [-0.25, -0.2) is 0 Å². The number of ether oxygens (including phenoxy) is 1. The fraction of sp³-hybridized carbons (Fsp3) is 0.609. The van der Waals surface area contributed by atoms with Gasteiger partial charge in [0.15, 0.2) is 6.61 Å². The molecule has 2 aliphatic rings. The van der Waals surface area contributed by atoms with E-state index < -0.39 is 0 Å². The number of benzene rings is 1. The molecule has 7 heteroatoms. The Morgan fingerprint density at radius 3 is 2.47 bits per heavy atom. The number of nitrogens with one attached hydrogen (secondary N) is 1. The molecular formula is C23H33N3O4. The van der Waals surface area contributed by atoms with Gasteiger partial charge in [0, 0.05) is 38.1 Å². The van der Waals surface area contributed by atoms with Crippen molar-refractivity contribution in [2.45, 2.75) is 59.0 Å². The number of hydrogen-bond donors (Lipinski definition) is 1. The third kappa shape index (κ3) is 5.32. The van der Waals surface area contributed by atoms with E-state index in [1.807, 2.05) is 45.9 Å². The van der Waals surface area contributed by atoms with Crippen LogP contribution in [-0.4, -0.2) is 65.8 Å². The molecular weight excluding hydrogens is 382 g/mol. The molecule has 3 amide bonds. The molecule has 0 aromatic heterocycles. The van der Waals surface area contributed by atoms with Gasteiger partial charge in [-0.1, -0.05) is 6.07 Å². The summed E-state index contributed by atoms with van der Waals surface area (Å²) in [6.07, 6.45) is 1.72. The van der Waals surface area contributed by atoms with Crippen molar-refractivity contribution < 1.29 is 19.1 Å². The summed E-state index contributed by atoms with van der Waals surface area (Å²) in [6, 6.07) is 5.98. The van der Waals surface area contributed by atoms with Crippen LogP contribution in [0.4, 0.5) is 0 Å². The van der Waals surface area contributed by atoms with E-state index in [4.69, 9.17) is 4.74 Å². The Morgan fingerprint density at radius 2 is 1.87 bits per heavy atom. The summed E-state index contributed by atoms with van der Waals surface area (Å²) in [7, 11) is 0. The van der Waals surface area contributed by atoms with E-state index in [0.29, 0.717) is 25.4 Å². The predicted octanol–water partition coefficient (Wildman–Crippen LogP) is 2.05. The second-order valence-corrected chi connectivity index (χ2v) is 8.74. The van der Waals surface area contributed by atoms with E-state index in [2.05, 4.69) is 5.32 Å². The molecule has 0 bridgehead atoms. The van der Waals surface area contributed by atoms with Crippen LogP contribution < -0.4 is 10.1 Å². The molecule has 164 valence electrons. The Morgan fingerprint density at radius 1 is 1.17 bits per heavy atom. The molecule has 2 heterocycles. The minimum Gasteiger partial charge on any atom is -0.484 e. The quantitative estimate of drug-likeness (QED) is 0.771. The minimum atomic E-state index is -0.272. The minimum absolute atomic E-state index is 0.0226. The molecule has 0 saturated carbocycles. The number of nitrogens with zero attached hydrogens (tertiary/aromatic N) is 2. The Labute approximate surface area is 178 Å². The molecule has 2 aliphatic heterocycles. The summed E-state index contributed by atoms with van der Waals surface area (Å²) in [4.78, 5) is 40.6. The molecule has 1 unspecified atom stereocenters. The van der Waals surface area contributed by atoms with Crippen molar-refractivity contribution in [1.29, 1.82) is 0 Å². The van der Waals surface area contributed by atoms with Crippen molar-refractivity contribution in [1.82, 2.24) is 15.1 Å². The van der Waals surface area contributed by atoms with Crippen LogP contribution in [-0.2, 0) is 14.4 Å². The topological polar surface area (TPSA) is 79.0 Å². The molecule has 1 atom stereocenters. The van der Waals surface area contributed by atoms with Gasteiger partial charge in [-0.15, -0.1) is 0 Å². The molecule has 0 aliphatic carbocycles. The van der Waals surface area contributed by atoms with Crippen molar-refractivity contribution >= 4 is 17.7 Å². The van der Waals surface area contributed by atoms with Gasteiger partial charge < -0.3 is 19.9 Å². The van der Waals surface area contributed by atoms with Crippen molar-refractivity contribution in [3.8, 4) is 5.75 Å². The summed E-state index contributed by atoms with van der Waals surface area (Å²) in [5.41, 5.74) is 2.33. The number of aryl methyl sites for hydroxylation is 2. The highest BCUT2D eigenvalue weighted by Crippen LogP contribution is 2.21. The van der Waals surface area contributed by atoms with Crippen LogP contribution >= 0.6 is 0 Å². The van der Waals surface area contributed by atoms with Crippen molar-refractivity contribution in [2.75, 3.05) is 26.2 Å². The van der Waals surface area contributed by atoms with Gasteiger partial charge in [-0.3, -0.25) is 14.4 Å². The van der Waals surface area contributed by atoms with E-state index in [0.717, 1.165) is 18.4 Å². The summed E-state index contributed by atoms with van der Waals surface area (Å²) in [6.45, 7) is 9.71. The zero-order valence-electron chi connectivity index (χ0n) is 18.4. The molecule has 0 radical (unpaired) electrons. The molecule has 30 heavy (non-hydrogen) atoms. The van der Waals surface area contributed by atoms with Crippen molar-refractivity contribution in [3.63, 3.8) is 0 Å². The van der Waals surface area contributed by atoms with Gasteiger partial charge in [-0.2, -0.15) is 0 Å². The summed E-state index contributed by atoms with van der Waals surface area (Å²) in [5.74, 6) is 0.400. The maximum absolute atomic E-state index is 12.6. The van der Waals surface area contributed by atoms with E-state index in [1.54, 1.807) is 9.80 Å².